The van der Waals surface area contributed by atoms with E-state index in [1.165, 1.54) is 22.8 Å². The second-order valence-electron chi connectivity index (χ2n) is 6.50. The molecule has 3 heterocycles. The fraction of sp³-hybridized carbons (Fsp3) is 0. The molecule has 0 bridgehead atoms. The first-order valence-corrected chi connectivity index (χ1v) is 10.2. The van der Waals surface area contributed by atoms with E-state index >= 15 is 0 Å². The van der Waals surface area contributed by atoms with Crippen molar-refractivity contribution in [2.45, 2.75) is 0 Å². The Morgan fingerprint density at radius 1 is 1.00 bits per heavy atom. The number of carbonyl (C=O) groups excluding carboxylic acids is 1. The van der Waals surface area contributed by atoms with Crippen molar-refractivity contribution >= 4 is 51.4 Å². The molecular weight excluding hydrogens is 420 g/mol. The van der Waals surface area contributed by atoms with Crippen LogP contribution in [0.5, 0.6) is 0 Å². The Balaban J connectivity index is 1.44. The summed E-state index contributed by atoms with van der Waals surface area (Å²) in [5.41, 5.74) is 1.89. The maximum atomic E-state index is 12.6. The van der Waals surface area contributed by atoms with Crippen LogP contribution < -0.4 is 0 Å². The summed E-state index contributed by atoms with van der Waals surface area (Å²) in [5.74, 6) is 0.560. The molecule has 1 amide bonds. The molecule has 1 N–H and O–H groups in total. The van der Waals surface area contributed by atoms with Crippen LogP contribution in [0.3, 0.4) is 0 Å². The molecule has 6 nitrogen and oxygen atoms in total. The average molecular weight is 433 g/mol. The lowest BCUT2D eigenvalue weighted by Gasteiger charge is -2.19. The number of amidine groups is 2. The number of nitrogens with zero attached hydrogens (tertiary/aromatic N) is 3. The van der Waals surface area contributed by atoms with Crippen LogP contribution in [-0.2, 0) is 4.79 Å². The molecule has 0 saturated heterocycles. The van der Waals surface area contributed by atoms with Gasteiger partial charge in [-0.3, -0.25) is 10.2 Å². The third-order valence-electron chi connectivity index (χ3n) is 4.52. The van der Waals surface area contributed by atoms with Crippen molar-refractivity contribution < 1.29 is 9.21 Å². The van der Waals surface area contributed by atoms with E-state index in [1.807, 2.05) is 42.5 Å². The summed E-state index contributed by atoms with van der Waals surface area (Å²) in [6.45, 7) is 0. The molecule has 0 unspecified atom stereocenters. The van der Waals surface area contributed by atoms with Crippen LogP contribution in [0.15, 0.2) is 86.8 Å². The minimum absolute atomic E-state index is 0.0344. The lowest BCUT2D eigenvalue weighted by atomic mass is 10.1. The first-order chi connectivity index (χ1) is 14.6. The summed E-state index contributed by atoms with van der Waals surface area (Å²) >= 11 is 7.20. The lowest BCUT2D eigenvalue weighted by molar-refractivity contribution is -0.114. The summed E-state index contributed by atoms with van der Waals surface area (Å²) in [4.78, 5) is 16.7. The minimum atomic E-state index is -0.493. The van der Waals surface area contributed by atoms with Crippen LogP contribution >= 0.6 is 23.4 Å². The Morgan fingerprint density at radius 2 is 1.77 bits per heavy atom. The van der Waals surface area contributed by atoms with Crippen LogP contribution in [0.4, 0.5) is 0 Å². The number of carbonyl (C=O) groups is 1. The number of hydrazone groups is 1. The molecule has 1 aromatic heterocycles. The van der Waals surface area contributed by atoms with Crippen molar-refractivity contribution in [3.63, 3.8) is 0 Å². The van der Waals surface area contributed by atoms with Gasteiger partial charge in [-0.25, -0.2) is 0 Å². The van der Waals surface area contributed by atoms with E-state index in [1.54, 1.807) is 24.3 Å². The Bertz CT molecular complexity index is 1260. The van der Waals surface area contributed by atoms with Gasteiger partial charge in [-0.2, -0.15) is 15.1 Å². The van der Waals surface area contributed by atoms with Gasteiger partial charge in [0.05, 0.1) is 5.57 Å². The fourth-order valence-electron chi connectivity index (χ4n) is 3.03. The van der Waals surface area contributed by atoms with Gasteiger partial charge >= 0.3 is 0 Å². The molecule has 2 aromatic carbocycles. The number of furan rings is 1. The highest BCUT2D eigenvalue weighted by Crippen LogP contribution is 2.31. The van der Waals surface area contributed by atoms with E-state index in [4.69, 9.17) is 21.4 Å². The van der Waals surface area contributed by atoms with Crippen LogP contribution in [0.2, 0.25) is 5.02 Å². The second-order valence-corrected chi connectivity index (χ2v) is 7.89. The summed E-state index contributed by atoms with van der Waals surface area (Å²) < 4.78 is 5.83. The SMILES string of the molecule is N=C1C(=Cc2ccc(-c3ccc(Cl)cc3)o2)C(=O)N=C2SC(c3ccccc3)=NN12. The van der Waals surface area contributed by atoms with Gasteiger partial charge in [-0.05, 0) is 54.2 Å². The van der Waals surface area contributed by atoms with Crippen molar-refractivity contribution in [1.82, 2.24) is 5.01 Å². The Kier molecular flexibility index (Phi) is 4.61. The van der Waals surface area contributed by atoms with E-state index in [0.717, 1.165) is 11.1 Å². The van der Waals surface area contributed by atoms with Gasteiger partial charge < -0.3 is 4.42 Å². The highest BCUT2D eigenvalue weighted by molar-refractivity contribution is 8.27. The highest BCUT2D eigenvalue weighted by Gasteiger charge is 2.36. The van der Waals surface area contributed by atoms with E-state index < -0.39 is 5.91 Å². The van der Waals surface area contributed by atoms with E-state index in [9.17, 15) is 4.79 Å². The monoisotopic (exact) mass is 432 g/mol. The molecular formula is C22H13ClN4O2S. The van der Waals surface area contributed by atoms with E-state index in [-0.39, 0.29) is 11.4 Å². The van der Waals surface area contributed by atoms with Gasteiger partial charge in [-0.1, -0.05) is 41.9 Å². The number of hydrogen-bond acceptors (Lipinski definition) is 5. The molecule has 30 heavy (non-hydrogen) atoms. The quantitative estimate of drug-likeness (QED) is 0.572. The number of benzene rings is 2. The smallest absolute Gasteiger partial charge is 0.283 e. The predicted octanol–water partition coefficient (Wildman–Crippen LogP) is 5.27. The van der Waals surface area contributed by atoms with E-state index in [2.05, 4.69) is 10.1 Å². The summed E-state index contributed by atoms with van der Waals surface area (Å²) in [6.07, 6.45) is 1.52. The van der Waals surface area contributed by atoms with Crippen molar-refractivity contribution in [2.75, 3.05) is 0 Å². The van der Waals surface area contributed by atoms with Gasteiger partial charge in [0.1, 0.15) is 16.6 Å². The zero-order valence-electron chi connectivity index (χ0n) is 15.4. The molecule has 0 atom stereocenters. The Hall–Kier alpha value is -3.42. The fourth-order valence-corrected chi connectivity index (χ4v) is 4.05. The van der Waals surface area contributed by atoms with Crippen molar-refractivity contribution in [2.24, 2.45) is 10.1 Å². The average Bonchev–Trinajstić information content (AvgIpc) is 3.40. The molecule has 0 fully saturated rings. The summed E-state index contributed by atoms with van der Waals surface area (Å²) in [6, 6.07) is 20.4. The van der Waals surface area contributed by atoms with Crippen LogP contribution in [-0.4, -0.2) is 27.0 Å². The van der Waals surface area contributed by atoms with Crippen molar-refractivity contribution in [3.8, 4) is 11.3 Å². The maximum Gasteiger partial charge on any atom is 0.283 e. The van der Waals surface area contributed by atoms with E-state index in [0.29, 0.717) is 26.8 Å². The van der Waals surface area contributed by atoms with Crippen LogP contribution in [0.25, 0.3) is 17.4 Å². The first-order valence-electron chi connectivity index (χ1n) is 9.00. The summed E-state index contributed by atoms with van der Waals surface area (Å²) in [5, 5.41) is 16.0. The third kappa shape index (κ3) is 3.38. The molecule has 2 aliphatic rings. The first kappa shape index (κ1) is 18.6. The zero-order valence-corrected chi connectivity index (χ0v) is 16.9. The molecule has 0 saturated carbocycles. The number of halogens is 1. The number of amides is 1. The molecule has 0 spiro atoms. The number of aliphatic imine (C=N–C) groups is 1. The van der Waals surface area contributed by atoms with Crippen LogP contribution in [0, 0.1) is 5.41 Å². The molecule has 0 aliphatic carbocycles. The number of hydrogen-bond donors (Lipinski definition) is 1. The maximum absolute atomic E-state index is 12.6. The van der Waals surface area contributed by atoms with Gasteiger partial charge in [-0.15, -0.1) is 0 Å². The van der Waals surface area contributed by atoms with Gasteiger partial charge in [0, 0.05) is 16.1 Å². The summed E-state index contributed by atoms with van der Waals surface area (Å²) in [7, 11) is 0. The van der Waals surface area contributed by atoms with Gasteiger partial charge in [0.15, 0.2) is 5.84 Å². The molecule has 3 aromatic rings. The normalized spacial score (nSPS) is 17.2. The number of nitrogens with one attached hydrogen (secondary N) is 1. The van der Waals surface area contributed by atoms with Crippen molar-refractivity contribution in [1.29, 1.82) is 5.41 Å². The third-order valence-corrected chi connectivity index (χ3v) is 5.73. The second kappa shape index (κ2) is 7.44. The van der Waals surface area contributed by atoms with Gasteiger partial charge in [0.25, 0.3) is 5.91 Å². The van der Waals surface area contributed by atoms with Crippen molar-refractivity contribution in [3.05, 3.63) is 88.6 Å². The largest absolute Gasteiger partial charge is 0.457 e. The number of fused-ring (bicyclic) bond motifs is 1. The lowest BCUT2D eigenvalue weighted by Crippen LogP contribution is -2.35. The topological polar surface area (TPSA) is 82.0 Å². The number of rotatable bonds is 3. The molecule has 146 valence electrons. The van der Waals surface area contributed by atoms with Gasteiger partial charge in [0.2, 0.25) is 5.17 Å². The predicted molar refractivity (Wildman–Crippen MR) is 120 cm³/mol. The molecule has 8 heteroatoms. The standard InChI is InChI=1S/C22H13ClN4O2S/c23-15-8-6-13(7-9-15)18-11-10-16(29-18)12-17-19(24)27-22(25-20(17)28)30-21(26-27)14-4-2-1-3-5-14/h1-12,24H. The zero-order chi connectivity index (χ0) is 20.7. The Labute approximate surface area is 181 Å². The Morgan fingerprint density at radius 3 is 2.53 bits per heavy atom. The number of thioether (sulfide) groups is 1. The highest BCUT2D eigenvalue weighted by atomic mass is 35.5. The molecule has 2 aliphatic heterocycles. The molecule has 5 rings (SSSR count). The van der Waals surface area contributed by atoms with Crippen LogP contribution in [0.1, 0.15) is 11.3 Å². The molecule has 0 radical (unpaired) electrons. The minimum Gasteiger partial charge on any atom is -0.457 e.